The van der Waals surface area contributed by atoms with Crippen molar-refractivity contribution in [3.05, 3.63) is 66.2 Å². The first-order chi connectivity index (χ1) is 12.3. The summed E-state index contributed by atoms with van der Waals surface area (Å²) in [6.45, 7) is 7.86. The smallest absolute Gasteiger partial charge is 0.0368 e. The molecule has 0 aromatic heterocycles. The second kappa shape index (κ2) is 12.0. The van der Waals surface area contributed by atoms with Gasteiger partial charge >= 0.3 is 0 Å². The van der Waals surface area contributed by atoms with Gasteiger partial charge in [-0.1, -0.05) is 48.5 Å². The molecule has 0 fully saturated rings. The minimum atomic E-state index is 0.539. The van der Waals surface area contributed by atoms with Crippen molar-refractivity contribution < 1.29 is 0 Å². The molecule has 0 aliphatic rings. The summed E-state index contributed by atoms with van der Waals surface area (Å²) < 4.78 is 0. The van der Waals surface area contributed by atoms with Gasteiger partial charge in [-0.2, -0.15) is 11.8 Å². The van der Waals surface area contributed by atoms with Crippen molar-refractivity contribution >= 4 is 17.4 Å². The Morgan fingerprint density at radius 2 is 1.52 bits per heavy atom. The summed E-state index contributed by atoms with van der Waals surface area (Å²) in [6, 6.07) is 22.0. The summed E-state index contributed by atoms with van der Waals surface area (Å²) in [5, 5.41) is 3.59. The van der Waals surface area contributed by atoms with Crippen molar-refractivity contribution in [3.63, 3.8) is 0 Å². The predicted octanol–water partition coefficient (Wildman–Crippen LogP) is 5.20. The van der Waals surface area contributed by atoms with Gasteiger partial charge in [0.25, 0.3) is 0 Å². The van der Waals surface area contributed by atoms with Gasteiger partial charge < -0.3 is 10.2 Å². The van der Waals surface area contributed by atoms with Gasteiger partial charge in [0.05, 0.1) is 0 Å². The van der Waals surface area contributed by atoms with Crippen molar-refractivity contribution in [2.45, 2.75) is 38.5 Å². The number of para-hydroxylation sites is 1. The maximum absolute atomic E-state index is 3.59. The Balaban J connectivity index is 1.51. The van der Waals surface area contributed by atoms with Crippen LogP contribution in [0.1, 0.15) is 32.3 Å². The highest BCUT2D eigenvalue weighted by atomic mass is 32.2. The van der Waals surface area contributed by atoms with Gasteiger partial charge in [-0.25, -0.2) is 0 Å². The molecule has 2 aromatic rings. The second-order valence-corrected chi connectivity index (χ2v) is 7.72. The lowest BCUT2D eigenvalue weighted by Gasteiger charge is -2.29. The normalized spacial score (nSPS) is 11.0. The quantitative estimate of drug-likeness (QED) is 0.526. The van der Waals surface area contributed by atoms with Gasteiger partial charge in [0, 0.05) is 24.0 Å². The van der Waals surface area contributed by atoms with Crippen LogP contribution in [0.4, 0.5) is 5.69 Å². The molecule has 0 saturated heterocycles. The average Bonchev–Trinajstić information content (AvgIpc) is 2.64. The van der Waals surface area contributed by atoms with Crippen LogP contribution in [-0.2, 0) is 5.75 Å². The third kappa shape index (κ3) is 7.98. The molecule has 2 nitrogen and oxygen atoms in total. The number of hydrogen-bond acceptors (Lipinski definition) is 3. The fourth-order valence-electron chi connectivity index (χ4n) is 2.87. The first-order valence-electron chi connectivity index (χ1n) is 9.41. The Hall–Kier alpha value is -1.45. The molecule has 0 saturated carbocycles. The third-order valence-electron chi connectivity index (χ3n) is 4.22. The van der Waals surface area contributed by atoms with E-state index in [4.69, 9.17) is 0 Å². The standard InChI is InChI=1S/C22H32N2S/c1-20(2)24(22-13-7-4-8-14-22)17-9-15-23-16-10-18-25-19-21-11-5-3-6-12-21/h3-8,11-14,20,23H,9-10,15-19H2,1-2H3. The molecule has 2 aromatic carbocycles. The van der Waals surface area contributed by atoms with E-state index in [0.29, 0.717) is 6.04 Å². The molecule has 0 radical (unpaired) electrons. The molecule has 136 valence electrons. The zero-order chi connectivity index (χ0) is 17.7. The van der Waals surface area contributed by atoms with Crippen molar-refractivity contribution in [2.24, 2.45) is 0 Å². The molecule has 2 rings (SSSR count). The van der Waals surface area contributed by atoms with E-state index in [1.807, 2.05) is 11.8 Å². The molecule has 0 atom stereocenters. The lowest BCUT2D eigenvalue weighted by Crippen LogP contribution is -2.33. The highest BCUT2D eigenvalue weighted by molar-refractivity contribution is 7.98. The molecule has 0 aliphatic heterocycles. The van der Waals surface area contributed by atoms with Crippen LogP contribution in [0.15, 0.2) is 60.7 Å². The van der Waals surface area contributed by atoms with E-state index in [1.54, 1.807) is 0 Å². The predicted molar refractivity (Wildman–Crippen MR) is 114 cm³/mol. The Morgan fingerprint density at radius 1 is 0.880 bits per heavy atom. The Kier molecular flexibility index (Phi) is 9.53. The Morgan fingerprint density at radius 3 is 2.20 bits per heavy atom. The summed E-state index contributed by atoms with van der Waals surface area (Å²) in [7, 11) is 0. The van der Waals surface area contributed by atoms with E-state index in [1.165, 1.54) is 29.8 Å². The second-order valence-electron chi connectivity index (χ2n) is 6.62. The molecular formula is C22H32N2S. The van der Waals surface area contributed by atoms with E-state index in [2.05, 4.69) is 84.7 Å². The summed E-state index contributed by atoms with van der Waals surface area (Å²) in [4.78, 5) is 2.48. The van der Waals surface area contributed by atoms with Crippen molar-refractivity contribution in [3.8, 4) is 0 Å². The van der Waals surface area contributed by atoms with Crippen LogP contribution < -0.4 is 10.2 Å². The number of nitrogens with one attached hydrogen (secondary N) is 1. The molecule has 1 N–H and O–H groups in total. The molecular weight excluding hydrogens is 324 g/mol. The first kappa shape index (κ1) is 19.9. The highest BCUT2D eigenvalue weighted by Gasteiger charge is 2.09. The molecule has 0 spiro atoms. The fourth-order valence-corrected chi connectivity index (χ4v) is 3.79. The van der Waals surface area contributed by atoms with Gasteiger partial charge in [0.2, 0.25) is 0 Å². The summed E-state index contributed by atoms with van der Waals surface area (Å²) in [6.07, 6.45) is 2.42. The van der Waals surface area contributed by atoms with E-state index < -0.39 is 0 Å². The maximum atomic E-state index is 3.59. The van der Waals surface area contributed by atoms with Crippen LogP contribution >= 0.6 is 11.8 Å². The van der Waals surface area contributed by atoms with Gasteiger partial charge in [0.1, 0.15) is 0 Å². The van der Waals surface area contributed by atoms with E-state index in [-0.39, 0.29) is 0 Å². The van der Waals surface area contributed by atoms with E-state index in [9.17, 15) is 0 Å². The van der Waals surface area contributed by atoms with Crippen molar-refractivity contribution in [1.82, 2.24) is 5.32 Å². The third-order valence-corrected chi connectivity index (χ3v) is 5.33. The van der Waals surface area contributed by atoms with Crippen LogP contribution in [0.25, 0.3) is 0 Å². The zero-order valence-electron chi connectivity index (χ0n) is 15.7. The van der Waals surface area contributed by atoms with Crippen LogP contribution in [0.5, 0.6) is 0 Å². The van der Waals surface area contributed by atoms with Crippen LogP contribution in [-0.4, -0.2) is 31.4 Å². The zero-order valence-corrected chi connectivity index (χ0v) is 16.5. The number of nitrogens with zero attached hydrogens (tertiary/aromatic N) is 1. The van der Waals surface area contributed by atoms with Crippen LogP contribution in [0.2, 0.25) is 0 Å². The molecule has 0 amide bonds. The first-order valence-corrected chi connectivity index (χ1v) is 10.6. The minimum absolute atomic E-state index is 0.539. The molecule has 0 unspecified atom stereocenters. The highest BCUT2D eigenvalue weighted by Crippen LogP contribution is 2.16. The number of thioether (sulfide) groups is 1. The average molecular weight is 357 g/mol. The van der Waals surface area contributed by atoms with E-state index >= 15 is 0 Å². The Bertz CT molecular complexity index is 557. The van der Waals surface area contributed by atoms with Crippen molar-refractivity contribution in [1.29, 1.82) is 0 Å². The summed E-state index contributed by atoms with van der Waals surface area (Å²) in [5.41, 5.74) is 2.75. The van der Waals surface area contributed by atoms with Gasteiger partial charge in [0.15, 0.2) is 0 Å². The molecule has 0 aliphatic carbocycles. The molecule has 25 heavy (non-hydrogen) atoms. The number of hydrogen-bond donors (Lipinski definition) is 1. The van der Waals surface area contributed by atoms with E-state index in [0.717, 1.165) is 25.4 Å². The topological polar surface area (TPSA) is 15.3 Å². The molecule has 0 bridgehead atoms. The molecule has 0 heterocycles. The van der Waals surface area contributed by atoms with Crippen molar-refractivity contribution in [2.75, 3.05) is 30.3 Å². The number of benzene rings is 2. The van der Waals surface area contributed by atoms with Gasteiger partial charge in [-0.3, -0.25) is 0 Å². The minimum Gasteiger partial charge on any atom is -0.369 e. The largest absolute Gasteiger partial charge is 0.369 e. The van der Waals surface area contributed by atoms with Crippen LogP contribution in [0.3, 0.4) is 0 Å². The fraction of sp³-hybridized carbons (Fsp3) is 0.455. The van der Waals surface area contributed by atoms with Gasteiger partial charge in [-0.05, 0) is 63.2 Å². The monoisotopic (exact) mass is 356 g/mol. The van der Waals surface area contributed by atoms with Gasteiger partial charge in [-0.15, -0.1) is 0 Å². The lowest BCUT2D eigenvalue weighted by molar-refractivity contribution is 0.602. The lowest BCUT2D eigenvalue weighted by atomic mass is 10.2. The SMILES string of the molecule is CC(C)N(CCCNCCCSCc1ccccc1)c1ccccc1. The summed E-state index contributed by atoms with van der Waals surface area (Å²) >= 11 is 2.03. The number of rotatable bonds is 12. The maximum Gasteiger partial charge on any atom is 0.0368 e. The number of anilines is 1. The van der Waals surface area contributed by atoms with Crippen LogP contribution in [0, 0.1) is 0 Å². The summed E-state index contributed by atoms with van der Waals surface area (Å²) in [5.74, 6) is 2.35. The molecule has 3 heteroatoms. The Labute approximate surface area is 158 Å².